The molecule has 0 aliphatic carbocycles. The molecule has 0 aliphatic heterocycles. The summed E-state index contributed by atoms with van der Waals surface area (Å²) in [4.78, 5) is 11.2. The molecule has 0 bridgehead atoms. The summed E-state index contributed by atoms with van der Waals surface area (Å²) in [6.45, 7) is 0. The van der Waals surface area contributed by atoms with Crippen LogP contribution in [0.3, 0.4) is 0 Å². The highest BCUT2D eigenvalue weighted by molar-refractivity contribution is 9.10. The van der Waals surface area contributed by atoms with Crippen LogP contribution in [0.15, 0.2) is 16.6 Å². The lowest BCUT2D eigenvalue weighted by atomic mass is 10.00. The summed E-state index contributed by atoms with van der Waals surface area (Å²) in [5, 5.41) is 0. The number of esters is 1. The van der Waals surface area contributed by atoms with E-state index in [-0.39, 0.29) is 10.5 Å². The molecule has 9 heteroatoms. The normalized spacial score (nSPS) is 12.4. The van der Waals surface area contributed by atoms with E-state index in [1.807, 2.05) is 0 Å². The Hall–Kier alpha value is -1.25. The molecule has 0 unspecified atom stereocenters. The van der Waals surface area contributed by atoms with Crippen LogP contribution in [0.2, 0.25) is 0 Å². The molecule has 0 amide bonds. The van der Waals surface area contributed by atoms with Crippen LogP contribution in [-0.4, -0.2) is 13.1 Å². The molecule has 0 N–H and O–H groups in total. The zero-order valence-corrected chi connectivity index (χ0v) is 10.7. The Morgan fingerprint density at radius 3 is 2.00 bits per heavy atom. The second kappa shape index (κ2) is 5.03. The Bertz CT molecular complexity index is 506. The first-order valence-corrected chi connectivity index (χ1v) is 5.34. The monoisotopic (exact) mass is 350 g/mol. The van der Waals surface area contributed by atoms with Gasteiger partial charge in [-0.25, -0.2) is 4.79 Å². The fourth-order valence-corrected chi connectivity index (χ4v) is 1.86. The average Bonchev–Trinajstić information content (AvgIpc) is 2.23. The van der Waals surface area contributed by atoms with E-state index in [1.165, 1.54) is 0 Å². The smallest absolute Gasteiger partial charge is 0.417 e. The minimum absolute atomic E-state index is 0.259. The van der Waals surface area contributed by atoms with Gasteiger partial charge in [-0.15, -0.1) is 0 Å². The lowest BCUT2D eigenvalue weighted by molar-refractivity contribution is -0.162. The summed E-state index contributed by atoms with van der Waals surface area (Å²) < 4.78 is 79.9. The minimum atomic E-state index is -5.34. The van der Waals surface area contributed by atoms with Crippen LogP contribution in [0.25, 0.3) is 0 Å². The van der Waals surface area contributed by atoms with Crippen molar-refractivity contribution in [1.82, 2.24) is 0 Å². The molecule has 0 saturated heterocycles. The Balaban J connectivity index is 3.74. The highest BCUT2D eigenvalue weighted by Gasteiger charge is 2.46. The number of methoxy groups -OCH3 is 1. The lowest BCUT2D eigenvalue weighted by Crippen LogP contribution is -2.21. The van der Waals surface area contributed by atoms with E-state index in [0.717, 1.165) is 7.11 Å². The molecule has 106 valence electrons. The van der Waals surface area contributed by atoms with Gasteiger partial charge in [-0.2, -0.15) is 26.3 Å². The molecular weight excluding hydrogens is 346 g/mol. The van der Waals surface area contributed by atoms with Gasteiger partial charge in [-0.05, 0) is 12.1 Å². The van der Waals surface area contributed by atoms with Crippen molar-refractivity contribution in [2.45, 2.75) is 12.4 Å². The molecule has 0 saturated carbocycles. The van der Waals surface area contributed by atoms with Gasteiger partial charge in [-0.3, -0.25) is 0 Å². The second-order valence-electron chi connectivity index (χ2n) is 3.36. The van der Waals surface area contributed by atoms with Gasteiger partial charge >= 0.3 is 18.3 Å². The summed E-state index contributed by atoms with van der Waals surface area (Å²) in [7, 11) is 0.774. The van der Waals surface area contributed by atoms with Crippen molar-refractivity contribution in [2.75, 3.05) is 7.11 Å². The highest BCUT2D eigenvalue weighted by Crippen LogP contribution is 2.43. The van der Waals surface area contributed by atoms with Crippen LogP contribution in [0.1, 0.15) is 21.5 Å². The molecule has 1 aromatic rings. The van der Waals surface area contributed by atoms with E-state index >= 15 is 0 Å². The third-order valence-electron chi connectivity index (χ3n) is 2.10. The van der Waals surface area contributed by atoms with Gasteiger partial charge in [-0.1, -0.05) is 15.9 Å². The molecule has 19 heavy (non-hydrogen) atoms. The van der Waals surface area contributed by atoms with Crippen molar-refractivity contribution >= 4 is 21.9 Å². The van der Waals surface area contributed by atoms with Crippen molar-refractivity contribution in [1.29, 1.82) is 0 Å². The van der Waals surface area contributed by atoms with Crippen LogP contribution in [0.5, 0.6) is 0 Å². The first-order valence-electron chi connectivity index (χ1n) is 4.54. The number of carbonyl (C=O) groups is 1. The Labute approximate surface area is 111 Å². The van der Waals surface area contributed by atoms with E-state index < -0.39 is 35.0 Å². The Kier molecular flexibility index (Phi) is 4.18. The molecule has 0 atom stereocenters. The number of alkyl halides is 6. The minimum Gasteiger partial charge on any atom is -0.465 e. The maximum Gasteiger partial charge on any atom is 0.417 e. The van der Waals surface area contributed by atoms with Crippen molar-refractivity contribution in [2.24, 2.45) is 0 Å². The number of benzene rings is 1. The van der Waals surface area contributed by atoms with Gasteiger partial charge in [0.25, 0.3) is 0 Å². The number of rotatable bonds is 1. The molecule has 1 rings (SSSR count). The van der Waals surface area contributed by atoms with Gasteiger partial charge < -0.3 is 4.74 Å². The maximum absolute atomic E-state index is 12.7. The predicted molar refractivity (Wildman–Crippen MR) is 55.5 cm³/mol. The summed E-state index contributed by atoms with van der Waals surface area (Å²) in [6, 6.07) is 0.888. The third-order valence-corrected chi connectivity index (χ3v) is 2.56. The van der Waals surface area contributed by atoms with E-state index in [2.05, 4.69) is 20.7 Å². The van der Waals surface area contributed by atoms with Gasteiger partial charge in [0.15, 0.2) is 0 Å². The zero-order chi connectivity index (χ0) is 15.0. The number of halogens is 7. The summed E-state index contributed by atoms with van der Waals surface area (Å²) in [5.41, 5.74) is -5.21. The number of carbonyl (C=O) groups excluding carboxylic acids is 1. The standard InChI is InChI=1S/C10H5BrF6O2/c1-19-8(18)5-2-4(11)3-6(9(12,13)14)7(5)10(15,16)17/h2-3H,1H3. The third kappa shape index (κ3) is 3.40. The molecule has 0 heterocycles. The SMILES string of the molecule is COC(=O)c1cc(Br)cc(C(F)(F)F)c1C(F)(F)F. The summed E-state index contributed by atoms with van der Waals surface area (Å²) >= 11 is 2.63. The number of hydrogen-bond donors (Lipinski definition) is 0. The predicted octanol–water partition coefficient (Wildman–Crippen LogP) is 4.27. The quantitative estimate of drug-likeness (QED) is 0.558. The van der Waals surface area contributed by atoms with Crippen molar-refractivity contribution < 1.29 is 35.9 Å². The molecule has 0 aliphatic rings. The van der Waals surface area contributed by atoms with Crippen molar-refractivity contribution in [3.63, 3.8) is 0 Å². The number of ether oxygens (including phenoxy) is 1. The van der Waals surface area contributed by atoms with Crippen LogP contribution >= 0.6 is 15.9 Å². The summed E-state index contributed by atoms with van der Waals surface area (Å²) in [6.07, 6.45) is -10.6. The first-order chi connectivity index (χ1) is 8.48. The average molecular weight is 351 g/mol. The van der Waals surface area contributed by atoms with E-state index in [4.69, 9.17) is 0 Å². The van der Waals surface area contributed by atoms with Gasteiger partial charge in [0.1, 0.15) is 0 Å². The van der Waals surface area contributed by atoms with Crippen molar-refractivity contribution in [3.8, 4) is 0 Å². The lowest BCUT2D eigenvalue weighted by Gasteiger charge is -2.18. The van der Waals surface area contributed by atoms with Crippen LogP contribution in [-0.2, 0) is 17.1 Å². The summed E-state index contributed by atoms with van der Waals surface area (Å²) in [5.74, 6) is -1.50. The largest absolute Gasteiger partial charge is 0.465 e. The first kappa shape index (κ1) is 15.8. The Morgan fingerprint density at radius 1 is 1.11 bits per heavy atom. The van der Waals surface area contributed by atoms with E-state index in [9.17, 15) is 31.1 Å². The van der Waals surface area contributed by atoms with E-state index in [0.29, 0.717) is 6.07 Å². The molecule has 0 aromatic heterocycles. The van der Waals surface area contributed by atoms with Crippen LogP contribution in [0.4, 0.5) is 26.3 Å². The molecule has 1 aromatic carbocycles. The fourth-order valence-electron chi connectivity index (χ4n) is 1.41. The second-order valence-corrected chi connectivity index (χ2v) is 4.28. The number of hydrogen-bond acceptors (Lipinski definition) is 2. The molecule has 0 radical (unpaired) electrons. The molecule has 0 spiro atoms. The van der Waals surface area contributed by atoms with Gasteiger partial charge in [0, 0.05) is 4.47 Å². The fraction of sp³-hybridized carbons (Fsp3) is 0.300. The molecule has 2 nitrogen and oxygen atoms in total. The van der Waals surface area contributed by atoms with Crippen molar-refractivity contribution in [3.05, 3.63) is 33.3 Å². The van der Waals surface area contributed by atoms with E-state index in [1.54, 1.807) is 0 Å². The zero-order valence-electron chi connectivity index (χ0n) is 9.12. The van der Waals surface area contributed by atoms with Crippen LogP contribution < -0.4 is 0 Å². The molecular formula is C10H5BrF6O2. The van der Waals surface area contributed by atoms with Crippen LogP contribution in [0, 0.1) is 0 Å². The van der Waals surface area contributed by atoms with Gasteiger partial charge in [0.05, 0.1) is 23.8 Å². The molecule has 0 fully saturated rings. The van der Waals surface area contributed by atoms with Gasteiger partial charge in [0.2, 0.25) is 0 Å². The topological polar surface area (TPSA) is 26.3 Å². The Morgan fingerprint density at radius 2 is 1.63 bits per heavy atom. The highest BCUT2D eigenvalue weighted by atomic mass is 79.9. The maximum atomic E-state index is 12.7.